The van der Waals surface area contributed by atoms with Gasteiger partial charge in [0.1, 0.15) is 0 Å². The number of morpholine rings is 1. The van der Waals surface area contributed by atoms with Gasteiger partial charge in [0.2, 0.25) is 0 Å². The smallest absolute Gasteiger partial charge is 0.323 e. The molecular formula is C17H18N4O4S. The summed E-state index contributed by atoms with van der Waals surface area (Å²) in [6.45, 7) is 2.63. The fraction of sp³-hybridized carbons (Fsp3) is 0.235. The fourth-order valence-corrected chi connectivity index (χ4v) is 4.12. The number of aromatic nitrogens is 2. The predicted octanol–water partition coefficient (Wildman–Crippen LogP) is 1.49. The molecular weight excluding hydrogens is 356 g/mol. The number of nitrogens with zero attached hydrogens (tertiary/aromatic N) is 1. The Kier molecular flexibility index (Phi) is 4.17. The van der Waals surface area contributed by atoms with Gasteiger partial charge >= 0.3 is 5.69 Å². The number of sulfonamides is 1. The van der Waals surface area contributed by atoms with Crippen molar-refractivity contribution in [2.24, 2.45) is 0 Å². The zero-order valence-corrected chi connectivity index (χ0v) is 14.7. The van der Waals surface area contributed by atoms with Gasteiger partial charge in [-0.05, 0) is 30.3 Å². The van der Waals surface area contributed by atoms with E-state index in [0.29, 0.717) is 43.0 Å². The van der Waals surface area contributed by atoms with E-state index in [1.165, 1.54) is 12.1 Å². The molecule has 0 amide bonds. The van der Waals surface area contributed by atoms with Crippen LogP contribution < -0.4 is 15.3 Å². The number of imidazole rings is 1. The van der Waals surface area contributed by atoms with Gasteiger partial charge in [-0.25, -0.2) is 13.2 Å². The molecule has 2 aromatic carbocycles. The molecule has 3 N–H and O–H groups in total. The number of hydrogen-bond donors (Lipinski definition) is 3. The standard InChI is InChI=1S/C17H18N4O4S/c22-17-18-13-6-5-12(11-15(13)19-17)26(23,24)20-14-3-1-2-4-16(14)21-7-9-25-10-8-21/h1-6,11,20H,7-10H2,(H2,18,19,22). The van der Waals surface area contributed by atoms with Crippen LogP contribution in [0.15, 0.2) is 52.2 Å². The van der Waals surface area contributed by atoms with Crippen LogP contribution in [0.2, 0.25) is 0 Å². The Hall–Kier alpha value is -2.78. The molecule has 8 nitrogen and oxygen atoms in total. The highest BCUT2D eigenvalue weighted by atomic mass is 32.2. The average molecular weight is 374 g/mol. The third-order valence-electron chi connectivity index (χ3n) is 4.30. The summed E-state index contributed by atoms with van der Waals surface area (Å²) in [7, 11) is -3.80. The minimum Gasteiger partial charge on any atom is -0.378 e. The molecule has 26 heavy (non-hydrogen) atoms. The summed E-state index contributed by atoms with van der Waals surface area (Å²) in [4.78, 5) is 18.7. The van der Waals surface area contributed by atoms with Crippen LogP contribution in [-0.4, -0.2) is 44.7 Å². The number of aromatic amines is 2. The number of fused-ring (bicyclic) bond motifs is 1. The topological polar surface area (TPSA) is 107 Å². The number of hydrogen-bond acceptors (Lipinski definition) is 5. The summed E-state index contributed by atoms with van der Waals surface area (Å²) < 4.78 is 33.7. The summed E-state index contributed by atoms with van der Waals surface area (Å²) in [6.07, 6.45) is 0. The SMILES string of the molecule is O=c1[nH]c2ccc(S(=O)(=O)Nc3ccccc3N3CCOCC3)cc2[nH]1. The van der Waals surface area contributed by atoms with Crippen LogP contribution in [0.1, 0.15) is 0 Å². The lowest BCUT2D eigenvalue weighted by atomic mass is 10.2. The van der Waals surface area contributed by atoms with Crippen molar-refractivity contribution >= 4 is 32.4 Å². The second-order valence-electron chi connectivity index (χ2n) is 6.01. The highest BCUT2D eigenvalue weighted by Crippen LogP contribution is 2.29. The molecule has 0 unspecified atom stereocenters. The van der Waals surface area contributed by atoms with Gasteiger partial charge in [-0.2, -0.15) is 0 Å². The fourth-order valence-electron chi connectivity index (χ4n) is 3.02. The molecule has 0 aliphatic carbocycles. The highest BCUT2D eigenvalue weighted by molar-refractivity contribution is 7.92. The molecule has 0 spiro atoms. The number of nitrogens with one attached hydrogen (secondary N) is 3. The minimum absolute atomic E-state index is 0.0806. The van der Waals surface area contributed by atoms with Crippen LogP contribution in [0.25, 0.3) is 11.0 Å². The summed E-state index contributed by atoms with van der Waals surface area (Å²) in [5, 5.41) is 0. The largest absolute Gasteiger partial charge is 0.378 e. The van der Waals surface area contributed by atoms with E-state index >= 15 is 0 Å². The van der Waals surface area contributed by atoms with Crippen molar-refractivity contribution in [3.8, 4) is 0 Å². The quantitative estimate of drug-likeness (QED) is 0.641. The Morgan fingerprint density at radius 3 is 2.54 bits per heavy atom. The van der Waals surface area contributed by atoms with Gasteiger partial charge < -0.3 is 19.6 Å². The molecule has 0 atom stereocenters. The van der Waals surface area contributed by atoms with Gasteiger partial charge in [-0.1, -0.05) is 12.1 Å². The third kappa shape index (κ3) is 3.18. The Labute approximate surface area is 149 Å². The van der Waals surface area contributed by atoms with Crippen molar-refractivity contribution in [3.63, 3.8) is 0 Å². The molecule has 1 aliphatic rings. The molecule has 1 aromatic heterocycles. The van der Waals surface area contributed by atoms with Crippen molar-refractivity contribution in [2.75, 3.05) is 35.9 Å². The Morgan fingerprint density at radius 2 is 1.73 bits per heavy atom. The predicted molar refractivity (Wildman–Crippen MR) is 99.2 cm³/mol. The van der Waals surface area contributed by atoms with E-state index in [0.717, 1.165) is 5.69 Å². The maximum Gasteiger partial charge on any atom is 0.323 e. The van der Waals surface area contributed by atoms with Gasteiger partial charge in [-0.3, -0.25) is 4.72 Å². The lowest BCUT2D eigenvalue weighted by molar-refractivity contribution is 0.123. The highest BCUT2D eigenvalue weighted by Gasteiger charge is 2.20. The molecule has 4 rings (SSSR count). The zero-order chi connectivity index (χ0) is 18.1. The Balaban J connectivity index is 1.68. The van der Waals surface area contributed by atoms with E-state index in [1.807, 2.05) is 12.1 Å². The monoisotopic (exact) mass is 374 g/mol. The van der Waals surface area contributed by atoms with E-state index in [1.54, 1.807) is 18.2 Å². The van der Waals surface area contributed by atoms with Crippen LogP contribution in [0, 0.1) is 0 Å². The summed E-state index contributed by atoms with van der Waals surface area (Å²) in [5.41, 5.74) is 1.95. The molecule has 1 aliphatic heterocycles. The molecule has 0 radical (unpaired) electrons. The Bertz CT molecular complexity index is 1100. The molecule has 1 fully saturated rings. The van der Waals surface area contributed by atoms with Crippen molar-refractivity contribution in [1.82, 2.24) is 9.97 Å². The molecule has 9 heteroatoms. The van der Waals surface area contributed by atoms with Crippen LogP contribution in [-0.2, 0) is 14.8 Å². The van der Waals surface area contributed by atoms with Crippen molar-refractivity contribution in [3.05, 3.63) is 52.9 Å². The maximum absolute atomic E-state index is 12.8. The summed E-state index contributed by atoms with van der Waals surface area (Å²) in [6, 6.07) is 11.7. The zero-order valence-electron chi connectivity index (χ0n) is 13.9. The molecule has 0 saturated carbocycles. The number of benzene rings is 2. The van der Waals surface area contributed by atoms with Crippen LogP contribution in [0.3, 0.4) is 0 Å². The summed E-state index contributed by atoms with van der Waals surface area (Å²) in [5.74, 6) is 0. The normalized spacial score (nSPS) is 15.3. The van der Waals surface area contributed by atoms with Crippen LogP contribution in [0.5, 0.6) is 0 Å². The van der Waals surface area contributed by atoms with Gasteiger partial charge in [-0.15, -0.1) is 0 Å². The van der Waals surface area contributed by atoms with Crippen LogP contribution >= 0.6 is 0 Å². The second kappa shape index (κ2) is 6.50. The molecule has 3 aromatic rings. The maximum atomic E-state index is 12.8. The van der Waals surface area contributed by atoms with E-state index in [9.17, 15) is 13.2 Å². The first-order chi connectivity index (χ1) is 12.5. The lowest BCUT2D eigenvalue weighted by Gasteiger charge is -2.30. The van der Waals surface area contributed by atoms with Gasteiger partial charge in [0.15, 0.2) is 0 Å². The molecule has 136 valence electrons. The number of para-hydroxylation sites is 2. The minimum atomic E-state index is -3.80. The van der Waals surface area contributed by atoms with E-state index in [-0.39, 0.29) is 10.6 Å². The Morgan fingerprint density at radius 1 is 1.00 bits per heavy atom. The summed E-state index contributed by atoms with van der Waals surface area (Å²) >= 11 is 0. The third-order valence-corrected chi connectivity index (χ3v) is 5.66. The average Bonchev–Trinajstić information content (AvgIpc) is 3.02. The lowest BCUT2D eigenvalue weighted by Crippen LogP contribution is -2.36. The number of H-pyrrole nitrogens is 2. The first-order valence-electron chi connectivity index (χ1n) is 8.19. The molecule has 1 saturated heterocycles. The second-order valence-corrected chi connectivity index (χ2v) is 7.69. The number of anilines is 2. The number of rotatable bonds is 4. The van der Waals surface area contributed by atoms with Crippen LogP contribution in [0.4, 0.5) is 11.4 Å². The number of ether oxygens (including phenoxy) is 1. The first-order valence-corrected chi connectivity index (χ1v) is 9.68. The van der Waals surface area contributed by atoms with Gasteiger partial charge in [0, 0.05) is 13.1 Å². The van der Waals surface area contributed by atoms with E-state index < -0.39 is 10.0 Å². The van der Waals surface area contributed by atoms with Crippen molar-refractivity contribution < 1.29 is 13.2 Å². The van der Waals surface area contributed by atoms with E-state index in [4.69, 9.17) is 4.74 Å². The van der Waals surface area contributed by atoms with E-state index in [2.05, 4.69) is 19.6 Å². The van der Waals surface area contributed by atoms with Crippen molar-refractivity contribution in [2.45, 2.75) is 4.90 Å². The molecule has 2 heterocycles. The van der Waals surface area contributed by atoms with Gasteiger partial charge in [0.25, 0.3) is 10.0 Å². The molecule has 0 bridgehead atoms. The van der Waals surface area contributed by atoms with Gasteiger partial charge in [0.05, 0.1) is 40.5 Å². The first kappa shape index (κ1) is 16.7. The van der Waals surface area contributed by atoms with Crippen molar-refractivity contribution in [1.29, 1.82) is 0 Å².